The van der Waals surface area contributed by atoms with Gasteiger partial charge in [-0.05, 0) is 36.2 Å². The van der Waals surface area contributed by atoms with Crippen LogP contribution in [0, 0.1) is 0 Å². The monoisotopic (exact) mass is 430 g/mol. The van der Waals surface area contributed by atoms with E-state index < -0.39 is 17.6 Å². The van der Waals surface area contributed by atoms with Gasteiger partial charge in [-0.2, -0.15) is 13.2 Å². The molecule has 1 heterocycles. The third-order valence-electron chi connectivity index (χ3n) is 4.85. The van der Waals surface area contributed by atoms with Gasteiger partial charge in [-0.1, -0.05) is 49.4 Å². The molecular formula is C24H25F3N2O2. The van der Waals surface area contributed by atoms with Crippen LogP contribution in [0.2, 0.25) is 0 Å². The van der Waals surface area contributed by atoms with Crippen molar-refractivity contribution in [2.75, 3.05) is 11.9 Å². The van der Waals surface area contributed by atoms with Gasteiger partial charge in [0.25, 0.3) is 5.91 Å². The Bertz CT molecular complexity index is 998. The number of para-hydroxylation sites is 1. The molecule has 3 rings (SSSR count). The minimum Gasteiger partial charge on any atom is -0.376 e. The highest BCUT2D eigenvalue weighted by Gasteiger charge is 2.33. The maximum absolute atomic E-state index is 13.2. The summed E-state index contributed by atoms with van der Waals surface area (Å²) in [5.41, 5.74) is 1.19. The second kappa shape index (κ2) is 10.3. The number of nitrogens with zero attached hydrogens (tertiary/aromatic N) is 1. The second-order valence-electron chi connectivity index (χ2n) is 7.15. The number of benzene rings is 2. The first-order chi connectivity index (χ1) is 14.9. The molecule has 0 atom stereocenters. The first kappa shape index (κ1) is 22.6. The van der Waals surface area contributed by atoms with Crippen LogP contribution >= 0.6 is 0 Å². The molecule has 0 unspecified atom stereocenters. The average Bonchev–Trinajstić information content (AvgIpc) is 3.14. The number of rotatable bonds is 9. The van der Waals surface area contributed by atoms with E-state index in [4.69, 9.17) is 4.74 Å². The quantitative estimate of drug-likeness (QED) is 0.428. The molecule has 0 saturated heterocycles. The highest BCUT2D eigenvalue weighted by Crippen LogP contribution is 2.34. The van der Waals surface area contributed by atoms with E-state index in [9.17, 15) is 18.0 Å². The molecule has 3 aromatic rings. The van der Waals surface area contributed by atoms with E-state index in [-0.39, 0.29) is 5.69 Å². The van der Waals surface area contributed by atoms with Gasteiger partial charge in [0.1, 0.15) is 5.69 Å². The van der Waals surface area contributed by atoms with Crippen molar-refractivity contribution in [3.8, 4) is 0 Å². The number of aromatic nitrogens is 1. The summed E-state index contributed by atoms with van der Waals surface area (Å²) < 4.78 is 47.3. The second-order valence-corrected chi connectivity index (χ2v) is 7.15. The zero-order valence-electron chi connectivity index (χ0n) is 17.3. The van der Waals surface area contributed by atoms with E-state index in [1.54, 1.807) is 6.07 Å². The van der Waals surface area contributed by atoms with E-state index >= 15 is 0 Å². The largest absolute Gasteiger partial charge is 0.418 e. The highest BCUT2D eigenvalue weighted by molar-refractivity contribution is 6.03. The molecule has 7 heteroatoms. The van der Waals surface area contributed by atoms with Crippen LogP contribution in [-0.4, -0.2) is 17.1 Å². The van der Waals surface area contributed by atoms with Gasteiger partial charge in [0.15, 0.2) is 0 Å². The van der Waals surface area contributed by atoms with Crippen molar-refractivity contribution in [1.29, 1.82) is 0 Å². The van der Waals surface area contributed by atoms with Gasteiger partial charge in [-0.25, -0.2) is 0 Å². The fourth-order valence-corrected chi connectivity index (χ4v) is 3.38. The maximum atomic E-state index is 13.2. The summed E-state index contributed by atoms with van der Waals surface area (Å²) in [6.45, 7) is 3.54. The lowest BCUT2D eigenvalue weighted by atomic mass is 10.1. The highest BCUT2D eigenvalue weighted by atomic mass is 19.4. The molecule has 31 heavy (non-hydrogen) atoms. The zero-order valence-corrected chi connectivity index (χ0v) is 17.3. The predicted molar refractivity (Wildman–Crippen MR) is 114 cm³/mol. The lowest BCUT2D eigenvalue weighted by molar-refractivity contribution is -0.136. The first-order valence-corrected chi connectivity index (χ1v) is 10.2. The molecule has 0 aliphatic rings. The number of halogens is 3. The molecule has 0 spiro atoms. The van der Waals surface area contributed by atoms with Crippen LogP contribution in [0.4, 0.5) is 18.9 Å². The summed E-state index contributed by atoms with van der Waals surface area (Å²) >= 11 is 0. The fraction of sp³-hybridized carbons (Fsp3) is 0.292. The summed E-state index contributed by atoms with van der Waals surface area (Å²) in [6.07, 6.45) is -3.16. The van der Waals surface area contributed by atoms with Crippen molar-refractivity contribution in [1.82, 2.24) is 4.57 Å². The summed E-state index contributed by atoms with van der Waals surface area (Å²) in [4.78, 5) is 12.8. The van der Waals surface area contributed by atoms with E-state index in [1.807, 2.05) is 47.9 Å². The molecule has 1 N–H and O–H groups in total. The molecule has 1 aromatic heterocycles. The number of hydrogen-bond donors (Lipinski definition) is 1. The number of hydrogen-bond acceptors (Lipinski definition) is 2. The van der Waals surface area contributed by atoms with Crippen LogP contribution in [0.25, 0.3) is 0 Å². The van der Waals surface area contributed by atoms with Crippen molar-refractivity contribution < 1.29 is 22.7 Å². The molecule has 0 aliphatic carbocycles. The van der Waals surface area contributed by atoms with Crippen molar-refractivity contribution in [2.24, 2.45) is 0 Å². The molecule has 0 aliphatic heterocycles. The van der Waals surface area contributed by atoms with Gasteiger partial charge in [0.05, 0.1) is 24.5 Å². The Morgan fingerprint density at radius 3 is 2.42 bits per heavy atom. The number of carbonyl (C=O) groups is 1. The molecule has 1 amide bonds. The molecule has 164 valence electrons. The number of amides is 1. The Morgan fingerprint density at radius 2 is 1.71 bits per heavy atom. The van der Waals surface area contributed by atoms with Crippen LogP contribution in [0.3, 0.4) is 0 Å². The minimum atomic E-state index is -4.55. The third-order valence-corrected chi connectivity index (χ3v) is 4.85. The van der Waals surface area contributed by atoms with Crippen LogP contribution in [0.1, 0.15) is 40.7 Å². The number of nitrogens with one attached hydrogen (secondary N) is 1. The van der Waals surface area contributed by atoms with Crippen LogP contribution in [0.5, 0.6) is 0 Å². The molecule has 0 saturated carbocycles. The van der Waals surface area contributed by atoms with E-state index in [0.717, 1.165) is 23.7 Å². The van der Waals surface area contributed by atoms with E-state index in [0.29, 0.717) is 31.9 Å². The Morgan fingerprint density at radius 1 is 1.00 bits per heavy atom. The average molecular weight is 430 g/mol. The van der Waals surface area contributed by atoms with Crippen LogP contribution in [0.15, 0.2) is 66.7 Å². The smallest absolute Gasteiger partial charge is 0.376 e. The van der Waals surface area contributed by atoms with Crippen LogP contribution in [-0.2, 0) is 30.5 Å². The third kappa shape index (κ3) is 5.98. The molecule has 4 nitrogen and oxygen atoms in total. The van der Waals surface area contributed by atoms with Gasteiger partial charge in [0.2, 0.25) is 0 Å². The minimum absolute atomic E-state index is 0.253. The van der Waals surface area contributed by atoms with Gasteiger partial charge in [-0.15, -0.1) is 0 Å². The van der Waals surface area contributed by atoms with Gasteiger partial charge < -0.3 is 14.6 Å². The van der Waals surface area contributed by atoms with Crippen molar-refractivity contribution in [3.05, 3.63) is 89.2 Å². The summed E-state index contributed by atoms with van der Waals surface area (Å²) in [5, 5.41) is 2.42. The topological polar surface area (TPSA) is 43.3 Å². The predicted octanol–water partition coefficient (Wildman–Crippen LogP) is 5.93. The Hall–Kier alpha value is -3.06. The Labute approximate surface area is 179 Å². The number of anilines is 1. The SMILES string of the molecule is CCCn1c(CCOCc2ccccc2)ccc1C(=O)Nc1ccccc1C(F)(F)F. The molecule has 0 bridgehead atoms. The zero-order chi connectivity index (χ0) is 22.3. The summed E-state index contributed by atoms with van der Waals surface area (Å²) in [7, 11) is 0. The van der Waals surface area contributed by atoms with Crippen molar-refractivity contribution in [2.45, 2.75) is 39.1 Å². The van der Waals surface area contributed by atoms with E-state index in [2.05, 4.69) is 5.32 Å². The number of alkyl halides is 3. The van der Waals surface area contributed by atoms with Gasteiger partial charge in [0, 0.05) is 18.7 Å². The molecule has 2 aromatic carbocycles. The van der Waals surface area contributed by atoms with Crippen molar-refractivity contribution >= 4 is 11.6 Å². The molecule has 0 radical (unpaired) electrons. The molecular weight excluding hydrogens is 405 g/mol. The molecule has 0 fully saturated rings. The van der Waals surface area contributed by atoms with Gasteiger partial charge in [-0.3, -0.25) is 4.79 Å². The van der Waals surface area contributed by atoms with Gasteiger partial charge >= 0.3 is 6.18 Å². The first-order valence-electron chi connectivity index (χ1n) is 10.2. The fourth-order valence-electron chi connectivity index (χ4n) is 3.38. The standard InChI is InChI=1S/C24H25F3N2O2/c1-2-15-29-19(14-16-31-17-18-8-4-3-5-9-18)12-13-22(29)23(30)28-21-11-7-6-10-20(21)24(25,26)27/h3-13H,2,14-17H2,1H3,(H,28,30). The lowest BCUT2D eigenvalue weighted by Crippen LogP contribution is -2.20. The Balaban J connectivity index is 1.69. The van der Waals surface area contributed by atoms with E-state index in [1.165, 1.54) is 18.2 Å². The number of ether oxygens (including phenoxy) is 1. The normalized spacial score (nSPS) is 11.5. The lowest BCUT2D eigenvalue weighted by Gasteiger charge is -2.15. The maximum Gasteiger partial charge on any atom is 0.418 e. The van der Waals surface area contributed by atoms with Crippen molar-refractivity contribution in [3.63, 3.8) is 0 Å². The summed E-state index contributed by atoms with van der Waals surface area (Å²) in [5.74, 6) is -0.568. The van der Waals surface area contributed by atoms with Crippen LogP contribution < -0.4 is 5.32 Å². The summed E-state index contributed by atoms with van der Waals surface area (Å²) in [6, 6.07) is 18.3. The Kier molecular flexibility index (Phi) is 7.52. The number of carbonyl (C=O) groups excluding carboxylic acids is 1.